The quantitative estimate of drug-likeness (QED) is 0.301. The van der Waals surface area contributed by atoms with Crippen LogP contribution in [-0.2, 0) is 4.79 Å². The second-order valence-electron chi connectivity index (χ2n) is 5.23. The average molecular weight is 239 g/mol. The monoisotopic (exact) mass is 239 g/mol. The normalized spacial score (nSPS) is 25.1. The lowest BCUT2D eigenvalue weighted by Gasteiger charge is -2.37. The molecule has 96 valence electrons. The summed E-state index contributed by atoms with van der Waals surface area (Å²) in [5, 5.41) is 15.0. The van der Waals surface area contributed by atoms with Crippen molar-refractivity contribution in [3.63, 3.8) is 0 Å². The molecule has 0 aromatic carbocycles. The largest absolute Gasteiger partial charge is 0.409 e. The van der Waals surface area contributed by atoms with Crippen molar-refractivity contribution in [2.75, 3.05) is 0 Å². The van der Waals surface area contributed by atoms with Gasteiger partial charge in [0.2, 0.25) is 5.91 Å². The number of carbonyl (C=O) groups is 1. The molecule has 0 aromatic heterocycles. The molecule has 17 heavy (non-hydrogen) atoms. The molecule has 0 heterocycles. The molecule has 2 aliphatic carbocycles. The number of rotatable bonds is 3. The van der Waals surface area contributed by atoms with Gasteiger partial charge in [-0.1, -0.05) is 24.4 Å². The summed E-state index contributed by atoms with van der Waals surface area (Å²) in [5.74, 6) is 0.0335. The third kappa shape index (κ3) is 2.23. The summed E-state index contributed by atoms with van der Waals surface area (Å²) < 4.78 is 0. The fourth-order valence-corrected chi connectivity index (χ4v) is 2.73. The summed E-state index contributed by atoms with van der Waals surface area (Å²) in [5.41, 5.74) is 5.00. The third-order valence-electron chi connectivity index (χ3n) is 4.18. The van der Waals surface area contributed by atoms with Crippen molar-refractivity contribution in [1.29, 1.82) is 0 Å². The fraction of sp³-hybridized carbons (Fsp3) is 0.833. The van der Waals surface area contributed by atoms with Gasteiger partial charge in [0.25, 0.3) is 0 Å². The highest BCUT2D eigenvalue weighted by Crippen LogP contribution is 2.37. The van der Waals surface area contributed by atoms with Crippen molar-refractivity contribution >= 4 is 11.7 Å². The van der Waals surface area contributed by atoms with Gasteiger partial charge in [-0.3, -0.25) is 4.79 Å². The van der Waals surface area contributed by atoms with E-state index < -0.39 is 5.41 Å². The molecule has 1 amide bonds. The minimum atomic E-state index is -0.761. The van der Waals surface area contributed by atoms with Crippen LogP contribution in [0.1, 0.15) is 51.4 Å². The van der Waals surface area contributed by atoms with Crippen LogP contribution in [0.5, 0.6) is 0 Å². The highest BCUT2D eigenvalue weighted by Gasteiger charge is 2.44. The molecule has 0 unspecified atom stereocenters. The van der Waals surface area contributed by atoms with Crippen molar-refractivity contribution in [2.45, 2.75) is 57.4 Å². The smallest absolute Gasteiger partial charge is 0.234 e. The lowest BCUT2D eigenvalue weighted by Crippen LogP contribution is -2.54. The first-order valence-corrected chi connectivity index (χ1v) is 6.48. The Kier molecular flexibility index (Phi) is 3.54. The Morgan fingerprint density at radius 1 is 1.24 bits per heavy atom. The number of nitrogens with zero attached hydrogens (tertiary/aromatic N) is 1. The number of nitrogens with two attached hydrogens (primary N) is 1. The zero-order valence-corrected chi connectivity index (χ0v) is 10.1. The van der Waals surface area contributed by atoms with Gasteiger partial charge in [0.1, 0.15) is 5.41 Å². The molecule has 2 fully saturated rings. The molecule has 5 nitrogen and oxygen atoms in total. The Hall–Kier alpha value is -1.26. The van der Waals surface area contributed by atoms with Gasteiger partial charge in [-0.25, -0.2) is 0 Å². The molecular formula is C12H21N3O2. The SMILES string of the molecule is NC(=NO)C1(C(=O)NC2CCC2)CCCCC1. The number of amides is 1. The van der Waals surface area contributed by atoms with Crippen LogP contribution >= 0.6 is 0 Å². The number of hydrogen-bond donors (Lipinski definition) is 3. The molecule has 2 rings (SSSR count). The van der Waals surface area contributed by atoms with Crippen molar-refractivity contribution in [3.05, 3.63) is 0 Å². The predicted molar refractivity (Wildman–Crippen MR) is 64.7 cm³/mol. The molecule has 0 bridgehead atoms. The van der Waals surface area contributed by atoms with Gasteiger partial charge in [-0.05, 0) is 32.1 Å². The molecule has 0 atom stereocenters. The van der Waals surface area contributed by atoms with E-state index in [4.69, 9.17) is 10.9 Å². The number of amidine groups is 1. The van der Waals surface area contributed by atoms with Crippen LogP contribution in [-0.4, -0.2) is 23.0 Å². The fourth-order valence-electron chi connectivity index (χ4n) is 2.73. The van der Waals surface area contributed by atoms with Crippen LogP contribution in [0.25, 0.3) is 0 Å². The Morgan fingerprint density at radius 3 is 2.35 bits per heavy atom. The van der Waals surface area contributed by atoms with E-state index in [2.05, 4.69) is 10.5 Å². The molecule has 0 spiro atoms. The summed E-state index contributed by atoms with van der Waals surface area (Å²) in [6.07, 6.45) is 7.74. The van der Waals surface area contributed by atoms with Crippen LogP contribution in [0.2, 0.25) is 0 Å². The summed E-state index contributed by atoms with van der Waals surface area (Å²) >= 11 is 0. The van der Waals surface area contributed by atoms with Gasteiger partial charge in [0, 0.05) is 6.04 Å². The van der Waals surface area contributed by atoms with E-state index in [1.165, 1.54) is 6.42 Å². The summed E-state index contributed by atoms with van der Waals surface area (Å²) in [4.78, 5) is 12.3. The number of oxime groups is 1. The highest BCUT2D eigenvalue weighted by molar-refractivity contribution is 6.06. The van der Waals surface area contributed by atoms with E-state index in [1.54, 1.807) is 0 Å². The number of nitrogens with one attached hydrogen (secondary N) is 1. The molecule has 0 aliphatic heterocycles. The average Bonchev–Trinajstić information content (AvgIpc) is 2.33. The van der Waals surface area contributed by atoms with Gasteiger partial charge in [0.15, 0.2) is 5.84 Å². The maximum atomic E-state index is 12.3. The minimum Gasteiger partial charge on any atom is -0.409 e. The maximum absolute atomic E-state index is 12.3. The Bertz CT molecular complexity index is 318. The number of carbonyl (C=O) groups excluding carboxylic acids is 1. The van der Waals surface area contributed by atoms with Gasteiger partial charge in [0.05, 0.1) is 0 Å². The summed E-state index contributed by atoms with van der Waals surface area (Å²) in [7, 11) is 0. The molecule has 0 aromatic rings. The van der Waals surface area contributed by atoms with Gasteiger partial charge >= 0.3 is 0 Å². The van der Waals surface area contributed by atoms with Gasteiger partial charge in [-0.15, -0.1) is 0 Å². The van der Waals surface area contributed by atoms with Crippen molar-refractivity contribution in [2.24, 2.45) is 16.3 Å². The Morgan fingerprint density at radius 2 is 1.88 bits per heavy atom. The highest BCUT2D eigenvalue weighted by atomic mass is 16.4. The van der Waals surface area contributed by atoms with Gasteiger partial charge < -0.3 is 16.3 Å². The first-order valence-electron chi connectivity index (χ1n) is 6.48. The second-order valence-corrected chi connectivity index (χ2v) is 5.23. The molecule has 2 aliphatic rings. The first-order chi connectivity index (χ1) is 8.19. The van der Waals surface area contributed by atoms with Gasteiger partial charge in [-0.2, -0.15) is 0 Å². The second kappa shape index (κ2) is 4.94. The Balaban J connectivity index is 2.10. The Labute approximate surface area is 101 Å². The van der Waals surface area contributed by atoms with Crippen molar-refractivity contribution < 1.29 is 10.0 Å². The first kappa shape index (κ1) is 12.2. The maximum Gasteiger partial charge on any atom is 0.234 e. The van der Waals surface area contributed by atoms with E-state index in [1.807, 2.05) is 0 Å². The minimum absolute atomic E-state index is 0.0443. The molecule has 5 heteroatoms. The van der Waals surface area contributed by atoms with E-state index in [9.17, 15) is 4.79 Å². The van der Waals surface area contributed by atoms with E-state index in [-0.39, 0.29) is 11.7 Å². The van der Waals surface area contributed by atoms with Crippen molar-refractivity contribution in [1.82, 2.24) is 5.32 Å². The zero-order chi connectivity index (χ0) is 12.3. The molecule has 4 N–H and O–H groups in total. The lowest BCUT2D eigenvalue weighted by molar-refractivity contribution is -0.130. The molecular weight excluding hydrogens is 218 g/mol. The lowest BCUT2D eigenvalue weighted by atomic mass is 9.72. The van der Waals surface area contributed by atoms with Crippen LogP contribution in [0.3, 0.4) is 0 Å². The van der Waals surface area contributed by atoms with E-state index in [0.29, 0.717) is 18.9 Å². The van der Waals surface area contributed by atoms with E-state index in [0.717, 1.165) is 32.1 Å². The van der Waals surface area contributed by atoms with Crippen LogP contribution in [0.15, 0.2) is 5.16 Å². The van der Waals surface area contributed by atoms with Crippen LogP contribution < -0.4 is 11.1 Å². The van der Waals surface area contributed by atoms with E-state index >= 15 is 0 Å². The molecule has 0 saturated heterocycles. The standard InChI is InChI=1S/C12H21N3O2/c13-10(15-17)12(7-2-1-3-8-12)11(16)14-9-5-4-6-9/h9,17H,1-8H2,(H2,13,15)(H,14,16). The summed E-state index contributed by atoms with van der Waals surface area (Å²) in [6, 6.07) is 0.299. The summed E-state index contributed by atoms with van der Waals surface area (Å²) in [6.45, 7) is 0. The predicted octanol–water partition coefficient (Wildman–Crippen LogP) is 1.35. The topological polar surface area (TPSA) is 87.7 Å². The number of hydrogen-bond acceptors (Lipinski definition) is 3. The molecule has 2 saturated carbocycles. The van der Waals surface area contributed by atoms with Crippen LogP contribution in [0.4, 0.5) is 0 Å². The van der Waals surface area contributed by atoms with Crippen molar-refractivity contribution in [3.8, 4) is 0 Å². The van der Waals surface area contributed by atoms with Crippen LogP contribution in [0, 0.1) is 5.41 Å². The molecule has 0 radical (unpaired) electrons. The third-order valence-corrected chi connectivity index (χ3v) is 4.18. The zero-order valence-electron chi connectivity index (χ0n) is 10.1.